The maximum Gasteiger partial charge on any atom is 0.240 e. The van der Waals surface area contributed by atoms with Crippen LogP contribution >= 0.6 is 11.3 Å². The molecule has 0 saturated carbocycles. The van der Waals surface area contributed by atoms with Crippen molar-refractivity contribution in [3.63, 3.8) is 0 Å². The predicted molar refractivity (Wildman–Crippen MR) is 78.4 cm³/mol. The predicted octanol–water partition coefficient (Wildman–Crippen LogP) is 2.73. The molecule has 3 nitrogen and oxygen atoms in total. The Balaban J connectivity index is 1.73. The summed E-state index contributed by atoms with van der Waals surface area (Å²) < 4.78 is 0. The molecule has 1 aliphatic heterocycles. The summed E-state index contributed by atoms with van der Waals surface area (Å²) in [5, 5.41) is 5.56. The third-order valence-corrected chi connectivity index (χ3v) is 5.27. The Hall–Kier alpha value is -0.870. The van der Waals surface area contributed by atoms with Gasteiger partial charge < -0.3 is 10.2 Å². The van der Waals surface area contributed by atoms with Gasteiger partial charge in [-0.3, -0.25) is 4.79 Å². The highest BCUT2D eigenvalue weighted by Gasteiger charge is 2.37. The SMILES string of the molecule is CCCNC1CCN(C2CCCc3sccc32)C1=O. The molecule has 1 aromatic heterocycles. The van der Waals surface area contributed by atoms with Gasteiger partial charge in [0.15, 0.2) is 0 Å². The van der Waals surface area contributed by atoms with Gasteiger partial charge in [-0.05, 0) is 55.7 Å². The van der Waals surface area contributed by atoms with Crippen LogP contribution in [0.1, 0.15) is 49.1 Å². The molecule has 0 aromatic carbocycles. The average molecular weight is 278 g/mol. The molecule has 1 N–H and O–H groups in total. The van der Waals surface area contributed by atoms with Gasteiger partial charge in [-0.2, -0.15) is 0 Å². The highest BCUT2D eigenvalue weighted by atomic mass is 32.1. The van der Waals surface area contributed by atoms with Gasteiger partial charge in [-0.25, -0.2) is 0 Å². The van der Waals surface area contributed by atoms with Gasteiger partial charge in [0.25, 0.3) is 0 Å². The van der Waals surface area contributed by atoms with Gasteiger partial charge in [0.05, 0.1) is 12.1 Å². The number of fused-ring (bicyclic) bond motifs is 1. The fourth-order valence-corrected chi connectivity index (χ4v) is 4.29. The van der Waals surface area contributed by atoms with Gasteiger partial charge >= 0.3 is 0 Å². The normalized spacial score (nSPS) is 26.8. The molecule has 2 atom stereocenters. The van der Waals surface area contributed by atoms with Crippen LogP contribution < -0.4 is 5.32 Å². The number of likely N-dealkylation sites (tertiary alicyclic amines) is 1. The molecule has 0 radical (unpaired) electrons. The molecule has 1 amide bonds. The summed E-state index contributed by atoms with van der Waals surface area (Å²) in [4.78, 5) is 16.1. The molecule has 2 aliphatic rings. The number of rotatable bonds is 4. The van der Waals surface area contributed by atoms with E-state index in [4.69, 9.17) is 0 Å². The molecule has 1 saturated heterocycles. The lowest BCUT2D eigenvalue weighted by Gasteiger charge is -2.31. The van der Waals surface area contributed by atoms with Crippen LogP contribution in [0.25, 0.3) is 0 Å². The van der Waals surface area contributed by atoms with Crippen molar-refractivity contribution in [1.29, 1.82) is 0 Å². The van der Waals surface area contributed by atoms with E-state index in [0.29, 0.717) is 11.9 Å². The van der Waals surface area contributed by atoms with Gasteiger partial charge in [-0.1, -0.05) is 6.92 Å². The third-order valence-electron chi connectivity index (χ3n) is 4.28. The summed E-state index contributed by atoms with van der Waals surface area (Å²) in [6, 6.07) is 2.63. The number of thiophene rings is 1. The molecular weight excluding hydrogens is 256 g/mol. The van der Waals surface area contributed by atoms with Crippen molar-refractivity contribution in [3.8, 4) is 0 Å². The maximum atomic E-state index is 12.5. The molecule has 1 aliphatic carbocycles. The number of carbonyl (C=O) groups excluding carboxylic acids is 1. The van der Waals surface area contributed by atoms with Gasteiger partial charge in [0.2, 0.25) is 5.91 Å². The molecule has 1 aromatic rings. The molecular formula is C15H22N2OS. The molecule has 0 bridgehead atoms. The fourth-order valence-electron chi connectivity index (χ4n) is 3.31. The highest BCUT2D eigenvalue weighted by Crippen LogP contribution is 2.38. The van der Waals surface area contributed by atoms with Crippen LogP contribution in [0.15, 0.2) is 11.4 Å². The smallest absolute Gasteiger partial charge is 0.240 e. The number of hydrogen-bond donors (Lipinski definition) is 1. The first-order chi connectivity index (χ1) is 9.31. The molecule has 4 heteroatoms. The summed E-state index contributed by atoms with van der Waals surface area (Å²) >= 11 is 1.85. The Kier molecular flexibility index (Phi) is 3.89. The minimum atomic E-state index is 0.0592. The Morgan fingerprint density at radius 3 is 3.21 bits per heavy atom. The summed E-state index contributed by atoms with van der Waals surface area (Å²) in [5.74, 6) is 0.317. The topological polar surface area (TPSA) is 32.3 Å². The minimum absolute atomic E-state index is 0.0592. The minimum Gasteiger partial charge on any atom is -0.334 e. The van der Waals surface area contributed by atoms with Crippen LogP contribution in [0.2, 0.25) is 0 Å². The lowest BCUT2D eigenvalue weighted by atomic mass is 9.93. The van der Waals surface area contributed by atoms with E-state index in [1.807, 2.05) is 11.3 Å². The number of nitrogens with zero attached hydrogens (tertiary/aromatic N) is 1. The highest BCUT2D eigenvalue weighted by molar-refractivity contribution is 7.10. The van der Waals surface area contributed by atoms with Crippen LogP contribution in [0, 0.1) is 0 Å². The van der Waals surface area contributed by atoms with E-state index in [2.05, 4.69) is 28.6 Å². The number of nitrogens with one attached hydrogen (secondary N) is 1. The van der Waals surface area contributed by atoms with Crippen molar-refractivity contribution in [2.24, 2.45) is 0 Å². The molecule has 1 fully saturated rings. The summed E-state index contributed by atoms with van der Waals surface area (Å²) in [5.41, 5.74) is 1.42. The molecule has 0 spiro atoms. The first-order valence-electron chi connectivity index (χ1n) is 7.41. The first kappa shape index (κ1) is 13.1. The van der Waals surface area contributed by atoms with E-state index in [1.54, 1.807) is 0 Å². The second-order valence-corrected chi connectivity index (χ2v) is 6.53. The Bertz CT molecular complexity index is 457. The zero-order chi connectivity index (χ0) is 13.2. The van der Waals surface area contributed by atoms with Crippen molar-refractivity contribution in [3.05, 3.63) is 21.9 Å². The van der Waals surface area contributed by atoms with Crippen molar-refractivity contribution < 1.29 is 4.79 Å². The van der Waals surface area contributed by atoms with Crippen LogP contribution in [0.3, 0.4) is 0 Å². The van der Waals surface area contributed by atoms with E-state index in [-0.39, 0.29) is 6.04 Å². The molecule has 104 valence electrons. The summed E-state index contributed by atoms with van der Waals surface area (Å²) in [6.07, 6.45) is 5.60. The van der Waals surface area contributed by atoms with E-state index < -0.39 is 0 Å². The van der Waals surface area contributed by atoms with Crippen LogP contribution in [0.4, 0.5) is 0 Å². The van der Waals surface area contributed by atoms with Crippen LogP contribution in [-0.2, 0) is 11.2 Å². The summed E-state index contributed by atoms with van der Waals surface area (Å²) in [6.45, 7) is 4.00. The third kappa shape index (κ3) is 2.43. The molecule has 2 unspecified atom stereocenters. The zero-order valence-corrected chi connectivity index (χ0v) is 12.3. The average Bonchev–Trinajstić information content (AvgIpc) is 3.03. The van der Waals surface area contributed by atoms with Crippen LogP contribution in [-0.4, -0.2) is 29.9 Å². The Morgan fingerprint density at radius 2 is 2.37 bits per heavy atom. The number of carbonyl (C=O) groups is 1. The zero-order valence-electron chi connectivity index (χ0n) is 11.5. The largest absolute Gasteiger partial charge is 0.334 e. The molecule has 3 rings (SSSR count). The quantitative estimate of drug-likeness (QED) is 0.918. The van der Waals surface area contributed by atoms with E-state index >= 15 is 0 Å². The number of hydrogen-bond acceptors (Lipinski definition) is 3. The van der Waals surface area contributed by atoms with E-state index in [1.165, 1.54) is 23.3 Å². The fraction of sp³-hybridized carbons (Fsp3) is 0.667. The molecule has 2 heterocycles. The van der Waals surface area contributed by atoms with Crippen LogP contribution in [0.5, 0.6) is 0 Å². The second-order valence-electron chi connectivity index (χ2n) is 5.53. The monoisotopic (exact) mass is 278 g/mol. The lowest BCUT2D eigenvalue weighted by Crippen LogP contribution is -2.40. The Morgan fingerprint density at radius 1 is 1.47 bits per heavy atom. The van der Waals surface area contributed by atoms with Crippen molar-refractivity contribution >= 4 is 17.2 Å². The first-order valence-corrected chi connectivity index (χ1v) is 8.29. The summed E-state index contributed by atoms with van der Waals surface area (Å²) in [7, 11) is 0. The van der Waals surface area contributed by atoms with Gasteiger partial charge in [0, 0.05) is 11.4 Å². The van der Waals surface area contributed by atoms with Crippen molar-refractivity contribution in [1.82, 2.24) is 10.2 Å². The maximum absolute atomic E-state index is 12.5. The van der Waals surface area contributed by atoms with E-state index in [9.17, 15) is 4.79 Å². The second kappa shape index (κ2) is 5.63. The van der Waals surface area contributed by atoms with Gasteiger partial charge in [0.1, 0.15) is 0 Å². The molecule has 19 heavy (non-hydrogen) atoms. The number of aryl methyl sites for hydroxylation is 1. The van der Waals surface area contributed by atoms with Gasteiger partial charge in [-0.15, -0.1) is 11.3 Å². The standard InChI is InChI=1S/C15H22N2OS/c1-2-8-16-12-6-9-17(15(12)18)13-4-3-5-14-11(13)7-10-19-14/h7,10,12-13,16H,2-6,8-9H2,1H3. The Labute approximate surface area is 119 Å². The number of amides is 1. The lowest BCUT2D eigenvalue weighted by molar-refractivity contribution is -0.131. The van der Waals surface area contributed by atoms with Crippen molar-refractivity contribution in [2.75, 3.05) is 13.1 Å². The van der Waals surface area contributed by atoms with Crippen molar-refractivity contribution in [2.45, 2.75) is 51.1 Å². The van der Waals surface area contributed by atoms with E-state index in [0.717, 1.165) is 32.4 Å².